The van der Waals surface area contributed by atoms with Crippen LogP contribution in [-0.2, 0) is 9.47 Å². The fourth-order valence-electron chi connectivity index (χ4n) is 0.924. The second-order valence-corrected chi connectivity index (χ2v) is 3.17. The van der Waals surface area contributed by atoms with E-state index in [9.17, 15) is 0 Å². The van der Waals surface area contributed by atoms with Crippen molar-refractivity contribution in [2.45, 2.75) is 0 Å². The van der Waals surface area contributed by atoms with E-state index in [0.717, 1.165) is 0 Å². The monoisotopic (exact) mass is 231 g/mol. The van der Waals surface area contributed by atoms with Crippen LogP contribution in [0.2, 0.25) is 5.02 Å². The van der Waals surface area contributed by atoms with E-state index >= 15 is 0 Å². The van der Waals surface area contributed by atoms with E-state index in [-0.39, 0.29) is 0 Å². The summed E-state index contributed by atoms with van der Waals surface area (Å²) in [5, 5.41) is 0.557. The van der Waals surface area contributed by atoms with Crippen molar-refractivity contribution in [3.05, 3.63) is 23.5 Å². The zero-order valence-corrected chi connectivity index (χ0v) is 9.37. The Morgan fingerprint density at radius 1 is 1.27 bits per heavy atom. The minimum Gasteiger partial charge on any atom is -0.488 e. The van der Waals surface area contributed by atoms with E-state index < -0.39 is 0 Å². The first-order valence-electron chi connectivity index (χ1n) is 4.63. The van der Waals surface area contributed by atoms with Gasteiger partial charge < -0.3 is 14.2 Å². The van der Waals surface area contributed by atoms with Crippen LogP contribution in [0, 0.1) is 0 Å². The summed E-state index contributed by atoms with van der Waals surface area (Å²) in [7, 11) is 1.63. The first kappa shape index (κ1) is 12.2. The van der Waals surface area contributed by atoms with Crippen molar-refractivity contribution in [3.8, 4) is 5.75 Å². The summed E-state index contributed by atoms with van der Waals surface area (Å²) < 4.78 is 15.4. The Morgan fingerprint density at radius 2 is 2.07 bits per heavy atom. The molecule has 0 aliphatic heterocycles. The molecule has 15 heavy (non-hydrogen) atoms. The minimum atomic E-state index is 0.453. The molecule has 0 atom stereocenters. The Balaban J connectivity index is 2.12. The van der Waals surface area contributed by atoms with Gasteiger partial charge in [0.05, 0.1) is 31.0 Å². The Bertz CT molecular complexity index is 283. The summed E-state index contributed by atoms with van der Waals surface area (Å²) in [5.74, 6) is 0.578. The van der Waals surface area contributed by atoms with Gasteiger partial charge in [-0.25, -0.2) is 0 Å². The molecule has 0 aliphatic rings. The fourth-order valence-corrected chi connectivity index (χ4v) is 1.08. The smallest absolute Gasteiger partial charge is 0.156 e. The van der Waals surface area contributed by atoms with Gasteiger partial charge >= 0.3 is 0 Å². The Labute approximate surface area is 94.1 Å². The van der Waals surface area contributed by atoms with Gasteiger partial charge in [0.25, 0.3) is 0 Å². The molecule has 1 aromatic heterocycles. The Hall–Kier alpha value is -0.840. The first-order valence-corrected chi connectivity index (χ1v) is 5.01. The quantitative estimate of drug-likeness (QED) is 0.671. The lowest BCUT2D eigenvalue weighted by Crippen LogP contribution is -2.10. The summed E-state index contributed by atoms with van der Waals surface area (Å²) >= 11 is 5.86. The lowest BCUT2D eigenvalue weighted by molar-refractivity contribution is 0.0544. The van der Waals surface area contributed by atoms with Gasteiger partial charge in [-0.15, -0.1) is 0 Å². The predicted molar refractivity (Wildman–Crippen MR) is 57.4 cm³/mol. The number of pyridine rings is 1. The Kier molecular flexibility index (Phi) is 6.08. The van der Waals surface area contributed by atoms with Gasteiger partial charge in [0.15, 0.2) is 5.75 Å². The fraction of sp³-hybridized carbons (Fsp3) is 0.500. The van der Waals surface area contributed by atoms with Crippen molar-refractivity contribution >= 4 is 11.6 Å². The normalized spacial score (nSPS) is 10.3. The molecular formula is C10H14ClNO3. The van der Waals surface area contributed by atoms with Crippen molar-refractivity contribution in [3.63, 3.8) is 0 Å². The maximum absolute atomic E-state index is 5.86. The molecule has 0 aromatic carbocycles. The van der Waals surface area contributed by atoms with Gasteiger partial charge in [-0.1, -0.05) is 11.6 Å². The third-order valence-corrected chi connectivity index (χ3v) is 1.96. The molecule has 0 unspecified atom stereocenters. The second-order valence-electron chi connectivity index (χ2n) is 2.76. The largest absolute Gasteiger partial charge is 0.488 e. The molecule has 0 fully saturated rings. The van der Waals surface area contributed by atoms with E-state index in [2.05, 4.69) is 4.98 Å². The molecule has 0 aliphatic carbocycles. The lowest BCUT2D eigenvalue weighted by atomic mass is 10.4. The predicted octanol–water partition coefficient (Wildman–Crippen LogP) is 1.78. The number of ether oxygens (including phenoxy) is 3. The molecular weight excluding hydrogens is 218 g/mol. The number of rotatable bonds is 7. The Morgan fingerprint density at radius 3 is 2.80 bits per heavy atom. The molecule has 0 N–H and O–H groups in total. The summed E-state index contributed by atoms with van der Waals surface area (Å²) in [6.45, 7) is 2.12. The molecule has 0 saturated carbocycles. The molecule has 1 heterocycles. The van der Waals surface area contributed by atoms with E-state index in [4.69, 9.17) is 25.8 Å². The molecule has 4 nitrogen and oxygen atoms in total. The van der Waals surface area contributed by atoms with E-state index in [0.29, 0.717) is 37.2 Å². The van der Waals surface area contributed by atoms with Gasteiger partial charge in [-0.3, -0.25) is 4.98 Å². The van der Waals surface area contributed by atoms with Crippen LogP contribution in [0.5, 0.6) is 5.75 Å². The highest BCUT2D eigenvalue weighted by atomic mass is 35.5. The van der Waals surface area contributed by atoms with Crippen LogP contribution in [0.1, 0.15) is 0 Å². The van der Waals surface area contributed by atoms with E-state index in [1.54, 1.807) is 25.6 Å². The van der Waals surface area contributed by atoms with Crippen molar-refractivity contribution in [1.29, 1.82) is 0 Å². The zero-order chi connectivity index (χ0) is 10.9. The number of methoxy groups -OCH3 is 1. The van der Waals surface area contributed by atoms with Crippen LogP contribution in [0.15, 0.2) is 18.5 Å². The summed E-state index contributed by atoms with van der Waals surface area (Å²) in [6.07, 6.45) is 3.20. The standard InChI is InChI=1S/C10H14ClNO3/c1-13-4-5-14-6-7-15-10-8-12-3-2-9(10)11/h2-3,8H,4-7H2,1H3. The third kappa shape index (κ3) is 4.97. The highest BCUT2D eigenvalue weighted by Gasteiger charge is 1.99. The van der Waals surface area contributed by atoms with Gasteiger partial charge in [0.2, 0.25) is 0 Å². The molecule has 0 amide bonds. The van der Waals surface area contributed by atoms with Crippen LogP contribution < -0.4 is 4.74 Å². The maximum Gasteiger partial charge on any atom is 0.156 e. The topological polar surface area (TPSA) is 40.6 Å². The molecule has 1 aromatic rings. The van der Waals surface area contributed by atoms with Crippen LogP contribution in [0.4, 0.5) is 0 Å². The zero-order valence-electron chi connectivity index (χ0n) is 8.61. The highest BCUT2D eigenvalue weighted by Crippen LogP contribution is 2.21. The number of nitrogens with zero attached hydrogens (tertiary/aromatic N) is 1. The average Bonchev–Trinajstić information content (AvgIpc) is 2.25. The summed E-state index contributed by atoms with van der Waals surface area (Å²) in [6, 6.07) is 1.68. The van der Waals surface area contributed by atoms with Crippen molar-refractivity contribution in [1.82, 2.24) is 4.98 Å². The van der Waals surface area contributed by atoms with Crippen molar-refractivity contribution in [2.24, 2.45) is 0 Å². The van der Waals surface area contributed by atoms with Crippen molar-refractivity contribution < 1.29 is 14.2 Å². The minimum absolute atomic E-state index is 0.453. The number of hydrogen-bond donors (Lipinski definition) is 0. The second kappa shape index (κ2) is 7.45. The highest BCUT2D eigenvalue weighted by molar-refractivity contribution is 6.31. The average molecular weight is 232 g/mol. The van der Waals surface area contributed by atoms with Crippen LogP contribution in [0.25, 0.3) is 0 Å². The number of hydrogen-bond acceptors (Lipinski definition) is 4. The van der Waals surface area contributed by atoms with Crippen LogP contribution >= 0.6 is 11.6 Å². The van der Waals surface area contributed by atoms with E-state index in [1.165, 1.54) is 0 Å². The molecule has 1 rings (SSSR count). The molecule has 0 radical (unpaired) electrons. The molecule has 84 valence electrons. The number of aromatic nitrogens is 1. The van der Waals surface area contributed by atoms with Gasteiger partial charge in [0.1, 0.15) is 6.61 Å². The van der Waals surface area contributed by atoms with E-state index in [1.807, 2.05) is 0 Å². The summed E-state index contributed by atoms with van der Waals surface area (Å²) in [4.78, 5) is 3.90. The third-order valence-electron chi connectivity index (χ3n) is 1.65. The van der Waals surface area contributed by atoms with Crippen LogP contribution in [-0.4, -0.2) is 38.5 Å². The van der Waals surface area contributed by atoms with Gasteiger partial charge in [0, 0.05) is 13.3 Å². The number of halogens is 1. The maximum atomic E-state index is 5.86. The van der Waals surface area contributed by atoms with Crippen molar-refractivity contribution in [2.75, 3.05) is 33.5 Å². The first-order chi connectivity index (χ1) is 7.34. The van der Waals surface area contributed by atoms with Gasteiger partial charge in [-0.2, -0.15) is 0 Å². The van der Waals surface area contributed by atoms with Gasteiger partial charge in [-0.05, 0) is 6.07 Å². The molecule has 0 saturated heterocycles. The SMILES string of the molecule is COCCOCCOc1cnccc1Cl. The molecule has 5 heteroatoms. The summed E-state index contributed by atoms with van der Waals surface area (Å²) in [5.41, 5.74) is 0. The lowest BCUT2D eigenvalue weighted by Gasteiger charge is -2.07. The van der Waals surface area contributed by atoms with Crippen LogP contribution in [0.3, 0.4) is 0 Å². The molecule has 0 bridgehead atoms. The molecule has 0 spiro atoms.